The van der Waals surface area contributed by atoms with Gasteiger partial charge in [-0.3, -0.25) is 4.79 Å². The quantitative estimate of drug-likeness (QED) is 0.290. The van der Waals surface area contributed by atoms with Crippen molar-refractivity contribution in [3.8, 4) is 11.3 Å². The van der Waals surface area contributed by atoms with Gasteiger partial charge in [-0.2, -0.15) is 4.98 Å². The lowest BCUT2D eigenvalue weighted by atomic mass is 9.96. The van der Waals surface area contributed by atoms with E-state index < -0.39 is 17.8 Å². The number of anilines is 3. The number of hydrogen-bond acceptors (Lipinski definition) is 9. The van der Waals surface area contributed by atoms with Crippen molar-refractivity contribution in [2.45, 2.75) is 46.1 Å². The normalized spacial score (nSPS) is 14.5. The Labute approximate surface area is 238 Å². The minimum Gasteiger partial charge on any atom is -0.369 e. The molecule has 1 fully saturated rings. The van der Waals surface area contributed by atoms with Crippen LogP contribution in [0, 0.1) is 12.7 Å². The topological polar surface area (TPSA) is 121 Å². The van der Waals surface area contributed by atoms with Gasteiger partial charge in [0.1, 0.15) is 18.0 Å². The van der Waals surface area contributed by atoms with E-state index in [-0.39, 0.29) is 11.3 Å². The molecule has 3 N–H and O–H groups in total. The summed E-state index contributed by atoms with van der Waals surface area (Å²) in [5.74, 6) is -0.103. The van der Waals surface area contributed by atoms with E-state index in [0.717, 1.165) is 43.1 Å². The molecule has 41 heavy (non-hydrogen) atoms. The van der Waals surface area contributed by atoms with Crippen molar-refractivity contribution >= 4 is 23.1 Å². The molecule has 5 rings (SSSR count). The number of nitrogens with zero attached hydrogens (tertiary/aromatic N) is 5. The number of amides is 1. The van der Waals surface area contributed by atoms with E-state index in [2.05, 4.69) is 53.1 Å². The zero-order valence-corrected chi connectivity index (χ0v) is 24.0. The number of halogens is 1. The van der Waals surface area contributed by atoms with Gasteiger partial charge in [0.25, 0.3) is 0 Å². The highest BCUT2D eigenvalue weighted by atomic mass is 19.1. The van der Waals surface area contributed by atoms with Crippen LogP contribution in [0.15, 0.2) is 53.3 Å². The van der Waals surface area contributed by atoms with Crippen molar-refractivity contribution in [1.82, 2.24) is 30.7 Å². The van der Waals surface area contributed by atoms with Gasteiger partial charge in [-0.25, -0.2) is 14.4 Å². The van der Waals surface area contributed by atoms with Crippen molar-refractivity contribution < 1.29 is 13.7 Å². The monoisotopic (exact) mass is 558 g/mol. The lowest BCUT2D eigenvalue weighted by molar-refractivity contribution is 0.0895. The summed E-state index contributed by atoms with van der Waals surface area (Å²) in [6, 6.07) is 12.5. The molecule has 1 aliphatic heterocycles. The molecule has 214 valence electrons. The standard InChI is InChI=1S/C30H35FN8O2/c1-18-13-23(24(31)15-22(18)19(2)35-27(40)28-37-29(38-41-28)30(3,4)5)25-16-26(34-17-33-25)36-20-7-6-8-21(14-20)39-11-9-32-10-12-39/h6-8,13-17,19,32H,9-12H2,1-5H3,(H,35,40)(H,33,34,36). The van der Waals surface area contributed by atoms with E-state index in [4.69, 9.17) is 4.52 Å². The van der Waals surface area contributed by atoms with Gasteiger partial charge in [0, 0.05) is 54.6 Å². The molecule has 0 radical (unpaired) electrons. The molecule has 1 unspecified atom stereocenters. The fourth-order valence-electron chi connectivity index (χ4n) is 4.74. The van der Waals surface area contributed by atoms with Crippen LogP contribution in [0.25, 0.3) is 11.3 Å². The highest BCUT2D eigenvalue weighted by Crippen LogP contribution is 2.30. The van der Waals surface area contributed by atoms with Gasteiger partial charge in [-0.1, -0.05) is 32.0 Å². The SMILES string of the molecule is Cc1cc(-c2cc(Nc3cccc(N4CCNCC4)c3)ncn2)c(F)cc1C(C)NC(=O)c1nc(C(C)(C)C)no1. The number of benzene rings is 2. The van der Waals surface area contributed by atoms with E-state index in [1.165, 1.54) is 12.4 Å². The highest BCUT2D eigenvalue weighted by molar-refractivity contribution is 5.89. The van der Waals surface area contributed by atoms with Gasteiger partial charge >= 0.3 is 11.8 Å². The molecular formula is C30H35FN8O2. The lowest BCUT2D eigenvalue weighted by Crippen LogP contribution is -2.43. The maximum Gasteiger partial charge on any atom is 0.315 e. The first-order chi connectivity index (χ1) is 19.6. The number of carbonyl (C=O) groups is 1. The molecule has 1 saturated heterocycles. The number of aromatic nitrogens is 4. The molecule has 0 aliphatic carbocycles. The number of carbonyl (C=O) groups excluding carboxylic acids is 1. The van der Waals surface area contributed by atoms with Crippen molar-refractivity contribution in [3.05, 3.63) is 77.5 Å². The number of aryl methyl sites for hydroxylation is 1. The Morgan fingerprint density at radius 3 is 2.63 bits per heavy atom. The average Bonchev–Trinajstić information content (AvgIpc) is 3.46. The second-order valence-corrected chi connectivity index (χ2v) is 11.3. The second-order valence-electron chi connectivity index (χ2n) is 11.3. The Bertz CT molecular complexity index is 1540. The van der Waals surface area contributed by atoms with Crippen LogP contribution in [-0.2, 0) is 5.41 Å². The summed E-state index contributed by atoms with van der Waals surface area (Å²) in [4.78, 5) is 27.9. The van der Waals surface area contributed by atoms with Crippen molar-refractivity contribution in [2.75, 3.05) is 36.4 Å². The summed E-state index contributed by atoms with van der Waals surface area (Å²) in [6.07, 6.45) is 1.42. The van der Waals surface area contributed by atoms with Crippen molar-refractivity contribution in [3.63, 3.8) is 0 Å². The Morgan fingerprint density at radius 2 is 1.90 bits per heavy atom. The number of nitrogens with one attached hydrogen (secondary N) is 3. The smallest absolute Gasteiger partial charge is 0.315 e. The molecule has 1 atom stereocenters. The summed E-state index contributed by atoms with van der Waals surface area (Å²) >= 11 is 0. The molecule has 4 aromatic rings. The van der Waals surface area contributed by atoms with Gasteiger partial charge in [-0.15, -0.1) is 0 Å². The molecule has 2 aromatic carbocycles. The van der Waals surface area contributed by atoms with Gasteiger partial charge in [0.2, 0.25) is 0 Å². The van der Waals surface area contributed by atoms with Crippen LogP contribution < -0.4 is 20.9 Å². The zero-order valence-electron chi connectivity index (χ0n) is 24.0. The maximum atomic E-state index is 15.4. The third-order valence-electron chi connectivity index (χ3n) is 7.00. The van der Waals surface area contributed by atoms with Crippen molar-refractivity contribution in [2.24, 2.45) is 0 Å². The summed E-state index contributed by atoms with van der Waals surface area (Å²) < 4.78 is 20.6. The van der Waals surface area contributed by atoms with E-state index in [1.54, 1.807) is 19.1 Å². The van der Waals surface area contributed by atoms with Gasteiger partial charge in [0.15, 0.2) is 5.82 Å². The number of rotatable bonds is 7. The average molecular weight is 559 g/mol. The molecule has 3 heterocycles. The molecular weight excluding hydrogens is 523 g/mol. The molecule has 0 spiro atoms. The molecule has 11 heteroatoms. The Kier molecular flexibility index (Phi) is 7.98. The molecule has 0 bridgehead atoms. The third kappa shape index (κ3) is 6.51. The van der Waals surface area contributed by atoms with E-state index in [1.807, 2.05) is 39.8 Å². The van der Waals surface area contributed by atoms with Crippen molar-refractivity contribution in [1.29, 1.82) is 0 Å². The molecule has 1 amide bonds. The zero-order chi connectivity index (χ0) is 29.1. The molecule has 0 saturated carbocycles. The Balaban J connectivity index is 1.31. The third-order valence-corrected chi connectivity index (χ3v) is 7.00. The van der Waals surface area contributed by atoms with Crippen LogP contribution in [0.3, 0.4) is 0 Å². The summed E-state index contributed by atoms with van der Waals surface area (Å²) in [5.41, 5.74) is 3.89. The first-order valence-electron chi connectivity index (χ1n) is 13.7. The summed E-state index contributed by atoms with van der Waals surface area (Å²) in [7, 11) is 0. The van der Waals surface area contributed by atoms with Gasteiger partial charge < -0.3 is 25.4 Å². The largest absolute Gasteiger partial charge is 0.369 e. The van der Waals surface area contributed by atoms with Crippen LogP contribution in [0.1, 0.15) is 61.4 Å². The fraction of sp³-hybridized carbons (Fsp3) is 0.367. The van der Waals surface area contributed by atoms with Crippen LogP contribution >= 0.6 is 0 Å². The Hall–Kier alpha value is -4.38. The first kappa shape index (κ1) is 28.2. The first-order valence-corrected chi connectivity index (χ1v) is 13.7. The van der Waals surface area contributed by atoms with E-state index in [9.17, 15) is 4.79 Å². The summed E-state index contributed by atoms with van der Waals surface area (Å²) in [6.45, 7) is 13.3. The minimum atomic E-state index is -0.517. The maximum absolute atomic E-state index is 15.4. The van der Waals surface area contributed by atoms with Crippen LogP contribution in [0.5, 0.6) is 0 Å². The van der Waals surface area contributed by atoms with Gasteiger partial charge in [0.05, 0.1) is 11.7 Å². The predicted octanol–water partition coefficient (Wildman–Crippen LogP) is 4.92. The predicted molar refractivity (Wildman–Crippen MR) is 156 cm³/mol. The lowest BCUT2D eigenvalue weighted by Gasteiger charge is -2.29. The fourth-order valence-corrected chi connectivity index (χ4v) is 4.74. The van der Waals surface area contributed by atoms with Gasteiger partial charge in [-0.05, 0) is 55.3 Å². The van der Waals surface area contributed by atoms with Crippen LogP contribution in [0.2, 0.25) is 0 Å². The molecule has 10 nitrogen and oxygen atoms in total. The highest BCUT2D eigenvalue weighted by Gasteiger charge is 2.25. The van der Waals surface area contributed by atoms with Crippen LogP contribution in [0.4, 0.5) is 21.6 Å². The van der Waals surface area contributed by atoms with Crippen LogP contribution in [-0.4, -0.2) is 52.2 Å². The number of hydrogen-bond donors (Lipinski definition) is 3. The minimum absolute atomic E-state index is 0.129. The Morgan fingerprint density at radius 1 is 1.12 bits per heavy atom. The molecule has 1 aliphatic rings. The van der Waals surface area contributed by atoms with E-state index in [0.29, 0.717) is 28.5 Å². The second kappa shape index (κ2) is 11.6. The van der Waals surface area contributed by atoms with E-state index >= 15 is 4.39 Å². The summed E-state index contributed by atoms with van der Waals surface area (Å²) in [5, 5.41) is 13.4. The number of piperazine rings is 1. The molecule has 2 aromatic heterocycles.